The molecular weight excluding hydrogens is 397 g/mol. The first-order valence-corrected chi connectivity index (χ1v) is 9.48. The molecule has 2 N–H and O–H groups in total. The summed E-state index contributed by atoms with van der Waals surface area (Å²) in [4.78, 5) is 20.4. The molecule has 0 atom stereocenters. The highest BCUT2D eigenvalue weighted by atomic mass is 35.5. The lowest BCUT2D eigenvalue weighted by Crippen LogP contribution is -2.33. The number of ether oxygens (including phenoxy) is 1. The molecule has 0 spiro atoms. The molecule has 2 aromatic heterocycles. The lowest BCUT2D eigenvalue weighted by molar-refractivity contribution is -0.138. The van der Waals surface area contributed by atoms with Crippen molar-refractivity contribution in [3.8, 4) is 16.9 Å². The largest absolute Gasteiger partial charge is 0.496 e. The third-order valence-corrected chi connectivity index (χ3v) is 5.33. The molecule has 0 amide bonds. The summed E-state index contributed by atoms with van der Waals surface area (Å²) in [5, 5.41) is 10.1. The van der Waals surface area contributed by atoms with Crippen LogP contribution in [0.15, 0.2) is 36.5 Å². The molecule has 1 aliphatic heterocycles. The Hall–Kier alpha value is -2.90. The second-order valence-electron chi connectivity index (χ2n) is 6.88. The van der Waals surface area contributed by atoms with Gasteiger partial charge in [-0.15, -0.1) is 0 Å². The Morgan fingerprint density at radius 3 is 2.93 bits per heavy atom. The molecule has 4 rings (SSSR count). The van der Waals surface area contributed by atoms with E-state index in [0.717, 1.165) is 16.7 Å². The number of carboxylic acid groups (broad SMARTS) is 1. The van der Waals surface area contributed by atoms with Gasteiger partial charge >= 0.3 is 5.97 Å². The highest BCUT2D eigenvalue weighted by molar-refractivity contribution is 6.35. The van der Waals surface area contributed by atoms with E-state index >= 15 is 0 Å². The highest BCUT2D eigenvalue weighted by Gasteiger charge is 2.20. The number of fused-ring (bicyclic) bond motifs is 1. The first kappa shape index (κ1) is 19.4. The van der Waals surface area contributed by atoms with Gasteiger partial charge in [0.25, 0.3) is 0 Å². The highest BCUT2D eigenvalue weighted by Crippen LogP contribution is 2.40. The quantitative estimate of drug-likeness (QED) is 0.652. The molecule has 0 aliphatic carbocycles. The summed E-state index contributed by atoms with van der Waals surface area (Å²) in [6, 6.07) is 6.26. The van der Waals surface area contributed by atoms with Crippen molar-refractivity contribution in [2.24, 2.45) is 0 Å². The molecule has 1 aliphatic rings. The van der Waals surface area contributed by atoms with Gasteiger partial charge < -0.3 is 14.8 Å². The van der Waals surface area contributed by atoms with E-state index in [-0.39, 0.29) is 12.4 Å². The van der Waals surface area contributed by atoms with Gasteiger partial charge in [-0.25, -0.2) is 9.37 Å². The van der Waals surface area contributed by atoms with Crippen LogP contribution in [0, 0.1) is 5.82 Å². The average molecular weight is 416 g/mol. The number of carboxylic acids is 1. The Labute approximate surface area is 171 Å². The van der Waals surface area contributed by atoms with Gasteiger partial charge in [0, 0.05) is 41.5 Å². The number of hydrogen-bond acceptors (Lipinski definition) is 4. The third kappa shape index (κ3) is 3.83. The fraction of sp³-hybridized carbons (Fsp3) is 0.238. The third-order valence-electron chi connectivity index (χ3n) is 5.04. The van der Waals surface area contributed by atoms with Crippen molar-refractivity contribution in [1.82, 2.24) is 14.9 Å². The van der Waals surface area contributed by atoms with Crippen molar-refractivity contribution in [1.29, 1.82) is 0 Å². The second kappa shape index (κ2) is 7.85. The Balaban J connectivity index is 1.77. The minimum absolute atomic E-state index is 0.0250. The zero-order valence-corrected chi connectivity index (χ0v) is 16.5. The lowest BCUT2D eigenvalue weighted by atomic mass is 10.0. The van der Waals surface area contributed by atoms with Gasteiger partial charge in [0.1, 0.15) is 17.2 Å². The average Bonchev–Trinajstić information content (AvgIpc) is 3.12. The first-order chi connectivity index (χ1) is 14.0. The molecule has 0 saturated carbocycles. The Morgan fingerprint density at radius 1 is 1.41 bits per heavy atom. The Bertz CT molecular complexity index is 1130. The van der Waals surface area contributed by atoms with Crippen LogP contribution in [0.2, 0.25) is 5.02 Å². The summed E-state index contributed by atoms with van der Waals surface area (Å²) < 4.78 is 19.4. The van der Waals surface area contributed by atoms with E-state index in [1.165, 1.54) is 25.4 Å². The smallest absolute Gasteiger partial charge is 0.317 e. The minimum Gasteiger partial charge on any atom is -0.496 e. The molecule has 0 unspecified atom stereocenters. The molecule has 6 nitrogen and oxygen atoms in total. The van der Waals surface area contributed by atoms with Crippen LogP contribution in [0.3, 0.4) is 0 Å². The number of pyridine rings is 1. The zero-order valence-electron chi connectivity index (χ0n) is 15.7. The van der Waals surface area contributed by atoms with Gasteiger partial charge in [0.15, 0.2) is 0 Å². The number of nitrogens with one attached hydrogen (secondary N) is 1. The zero-order chi connectivity index (χ0) is 20.5. The van der Waals surface area contributed by atoms with Crippen LogP contribution in [0.25, 0.3) is 27.7 Å². The van der Waals surface area contributed by atoms with Gasteiger partial charge in [-0.2, -0.15) is 0 Å². The van der Waals surface area contributed by atoms with E-state index in [2.05, 4.69) is 9.97 Å². The number of methoxy groups -OCH3 is 1. The van der Waals surface area contributed by atoms with Gasteiger partial charge in [0.2, 0.25) is 0 Å². The summed E-state index contributed by atoms with van der Waals surface area (Å²) in [5.41, 5.74) is 3.82. The standard InChI is InChI=1S/C21H19ClFN3O3/c1-29-18-3-2-13(23)8-14(18)20-15-9-17(25-21(15)24-10-16(20)22)12-4-6-26(7-5-12)11-19(27)28/h2-4,8-10H,5-7,11H2,1H3,(H,24,25)(H,27,28). The van der Waals surface area contributed by atoms with Crippen molar-refractivity contribution in [3.63, 3.8) is 0 Å². The van der Waals surface area contributed by atoms with E-state index in [1.807, 2.05) is 17.0 Å². The normalized spacial score (nSPS) is 14.8. The number of aliphatic carboxylic acids is 1. The number of rotatable bonds is 5. The molecule has 0 saturated heterocycles. The Kier molecular flexibility index (Phi) is 5.25. The van der Waals surface area contributed by atoms with E-state index in [0.29, 0.717) is 47.1 Å². The van der Waals surface area contributed by atoms with Crippen LogP contribution >= 0.6 is 11.6 Å². The number of hydrogen-bond donors (Lipinski definition) is 2. The van der Waals surface area contributed by atoms with Crippen LogP contribution in [-0.4, -0.2) is 52.7 Å². The SMILES string of the molecule is COc1ccc(F)cc1-c1c(Cl)cnc2[nH]c(C3=CCN(CC(=O)O)CC3)cc12. The van der Waals surface area contributed by atoms with Crippen molar-refractivity contribution in [3.05, 3.63) is 53.1 Å². The van der Waals surface area contributed by atoms with Crippen LogP contribution in [0.4, 0.5) is 4.39 Å². The number of aromatic amines is 1. The van der Waals surface area contributed by atoms with E-state index in [9.17, 15) is 9.18 Å². The van der Waals surface area contributed by atoms with E-state index < -0.39 is 5.97 Å². The molecule has 3 aromatic rings. The minimum atomic E-state index is -0.833. The van der Waals surface area contributed by atoms with E-state index in [4.69, 9.17) is 21.4 Å². The lowest BCUT2D eigenvalue weighted by Gasteiger charge is -2.24. The predicted octanol–water partition coefficient (Wildman–Crippen LogP) is 4.20. The molecule has 0 fully saturated rings. The first-order valence-electron chi connectivity index (χ1n) is 9.11. The van der Waals surface area contributed by atoms with E-state index in [1.54, 1.807) is 6.07 Å². The molecule has 0 bridgehead atoms. The summed E-state index contributed by atoms with van der Waals surface area (Å²) >= 11 is 6.45. The molecule has 3 heterocycles. The van der Waals surface area contributed by atoms with Crippen molar-refractivity contribution in [2.45, 2.75) is 6.42 Å². The fourth-order valence-corrected chi connectivity index (χ4v) is 3.92. The molecule has 150 valence electrons. The van der Waals surface area contributed by atoms with Gasteiger partial charge in [-0.1, -0.05) is 17.7 Å². The predicted molar refractivity (Wildman–Crippen MR) is 110 cm³/mol. The van der Waals surface area contributed by atoms with Crippen molar-refractivity contribution >= 4 is 34.2 Å². The molecule has 8 heteroatoms. The van der Waals surface area contributed by atoms with Crippen molar-refractivity contribution in [2.75, 3.05) is 26.7 Å². The summed E-state index contributed by atoms with van der Waals surface area (Å²) in [5.74, 6) is -0.698. The topological polar surface area (TPSA) is 78.5 Å². The summed E-state index contributed by atoms with van der Waals surface area (Å²) in [6.45, 7) is 1.25. The second-order valence-corrected chi connectivity index (χ2v) is 7.29. The fourth-order valence-electron chi connectivity index (χ4n) is 3.66. The number of nitrogens with zero attached hydrogens (tertiary/aromatic N) is 2. The van der Waals surface area contributed by atoms with Crippen LogP contribution < -0.4 is 4.74 Å². The van der Waals surface area contributed by atoms with Gasteiger partial charge in [-0.3, -0.25) is 9.69 Å². The Morgan fingerprint density at radius 2 is 2.24 bits per heavy atom. The number of aromatic nitrogens is 2. The number of carbonyl (C=O) groups is 1. The molecule has 29 heavy (non-hydrogen) atoms. The molecule has 1 aromatic carbocycles. The maximum Gasteiger partial charge on any atom is 0.317 e. The molecular formula is C21H19ClFN3O3. The van der Waals surface area contributed by atoms with Crippen molar-refractivity contribution < 1.29 is 19.0 Å². The van der Waals surface area contributed by atoms with Crippen LogP contribution in [-0.2, 0) is 4.79 Å². The maximum absolute atomic E-state index is 13.9. The number of benzene rings is 1. The van der Waals surface area contributed by atoms with Crippen LogP contribution in [0.1, 0.15) is 12.1 Å². The van der Waals surface area contributed by atoms with Gasteiger partial charge in [-0.05, 0) is 36.3 Å². The summed E-state index contributed by atoms with van der Waals surface area (Å²) in [6.07, 6.45) is 4.27. The monoisotopic (exact) mass is 415 g/mol. The van der Waals surface area contributed by atoms with Crippen LogP contribution in [0.5, 0.6) is 5.75 Å². The number of H-pyrrole nitrogens is 1. The van der Waals surface area contributed by atoms with Gasteiger partial charge in [0.05, 0.1) is 18.7 Å². The number of halogens is 2. The molecule has 0 radical (unpaired) electrons. The maximum atomic E-state index is 13.9. The summed E-state index contributed by atoms with van der Waals surface area (Å²) in [7, 11) is 1.53.